The van der Waals surface area contributed by atoms with E-state index in [0.29, 0.717) is 0 Å². The predicted octanol–water partition coefficient (Wildman–Crippen LogP) is 3.37. The van der Waals surface area contributed by atoms with Gasteiger partial charge < -0.3 is 9.80 Å². The Morgan fingerprint density at radius 2 is 1.27 bits per heavy atom. The van der Waals surface area contributed by atoms with Crippen LogP contribution in [0.15, 0.2) is 72.8 Å². The summed E-state index contributed by atoms with van der Waals surface area (Å²) >= 11 is 0. The summed E-state index contributed by atoms with van der Waals surface area (Å²) in [7, 11) is 0. The summed E-state index contributed by atoms with van der Waals surface area (Å²) < 4.78 is 26.9. The van der Waals surface area contributed by atoms with Gasteiger partial charge in [0.2, 0.25) is 0 Å². The van der Waals surface area contributed by atoms with Gasteiger partial charge in [0.25, 0.3) is 5.69 Å². The first-order valence-electron chi connectivity index (χ1n) is 9.86. The van der Waals surface area contributed by atoms with Crippen molar-refractivity contribution in [3.8, 4) is 0 Å². The van der Waals surface area contributed by atoms with Crippen molar-refractivity contribution in [3.05, 3.63) is 106 Å². The number of nitrogens with one attached hydrogen (secondary N) is 1. The van der Waals surface area contributed by atoms with Crippen LogP contribution in [0.5, 0.6) is 0 Å². The Balaban J connectivity index is 1.53. The Morgan fingerprint density at radius 3 is 1.70 bits per heavy atom. The Kier molecular flexibility index (Phi) is 5.72. The number of nitro benzene ring substituents is 1. The van der Waals surface area contributed by atoms with Crippen molar-refractivity contribution in [2.45, 2.75) is 6.04 Å². The molecule has 1 fully saturated rings. The fourth-order valence-corrected chi connectivity index (χ4v) is 4.10. The van der Waals surface area contributed by atoms with Gasteiger partial charge in [-0.15, -0.1) is 0 Å². The van der Waals surface area contributed by atoms with Crippen LogP contribution < -0.4 is 9.80 Å². The number of nitro groups is 1. The van der Waals surface area contributed by atoms with Crippen molar-refractivity contribution in [3.63, 3.8) is 0 Å². The van der Waals surface area contributed by atoms with E-state index in [2.05, 4.69) is 4.90 Å². The summed E-state index contributed by atoms with van der Waals surface area (Å²) in [6, 6.07) is 19.6. The molecule has 1 saturated heterocycles. The van der Waals surface area contributed by atoms with Gasteiger partial charge in [0.05, 0.1) is 31.1 Å². The van der Waals surface area contributed by atoms with Gasteiger partial charge in [-0.3, -0.25) is 10.1 Å². The fourth-order valence-electron chi connectivity index (χ4n) is 4.10. The molecule has 0 radical (unpaired) electrons. The van der Waals surface area contributed by atoms with E-state index in [4.69, 9.17) is 0 Å². The van der Waals surface area contributed by atoms with Gasteiger partial charge >= 0.3 is 0 Å². The number of piperazine rings is 1. The highest BCUT2D eigenvalue weighted by Gasteiger charge is 2.30. The third kappa shape index (κ3) is 4.31. The standard InChI is InChI=1S/C23H21F2N3O2/c24-19-5-1-17(2-6-19)23(18-3-7-20(25)8-4-18)27-15-13-26(14-16-27)21-9-11-22(12-10-21)28(29)30/h1-12,23H,13-16H2/p+1. The first kappa shape index (κ1) is 20.0. The van der Waals surface area contributed by atoms with Gasteiger partial charge in [0, 0.05) is 28.9 Å². The monoisotopic (exact) mass is 410 g/mol. The second-order valence-electron chi connectivity index (χ2n) is 7.45. The molecule has 0 spiro atoms. The summed E-state index contributed by atoms with van der Waals surface area (Å²) in [6.07, 6.45) is 0. The highest BCUT2D eigenvalue weighted by atomic mass is 19.1. The van der Waals surface area contributed by atoms with Crippen LogP contribution in [-0.4, -0.2) is 31.1 Å². The molecule has 0 amide bonds. The summed E-state index contributed by atoms with van der Waals surface area (Å²) in [5.74, 6) is -0.566. The van der Waals surface area contributed by atoms with Gasteiger partial charge in [-0.25, -0.2) is 8.78 Å². The highest BCUT2D eigenvalue weighted by Crippen LogP contribution is 2.22. The molecule has 0 unspecified atom stereocenters. The zero-order valence-electron chi connectivity index (χ0n) is 16.3. The van der Waals surface area contributed by atoms with E-state index in [0.717, 1.165) is 43.0 Å². The third-order valence-electron chi connectivity index (χ3n) is 5.65. The first-order chi connectivity index (χ1) is 14.5. The second kappa shape index (κ2) is 8.59. The zero-order chi connectivity index (χ0) is 21.1. The minimum absolute atomic E-state index is 0.0230. The van der Waals surface area contributed by atoms with Crippen LogP contribution in [0, 0.1) is 21.7 Å². The molecule has 30 heavy (non-hydrogen) atoms. The Hall–Kier alpha value is -3.32. The van der Waals surface area contributed by atoms with Crippen molar-refractivity contribution in [2.24, 2.45) is 0 Å². The molecular formula is C23H22F2N3O2+. The average molecular weight is 410 g/mol. The van der Waals surface area contributed by atoms with E-state index in [1.54, 1.807) is 36.4 Å². The zero-order valence-corrected chi connectivity index (χ0v) is 16.3. The maximum Gasteiger partial charge on any atom is 0.269 e. The lowest BCUT2D eigenvalue weighted by Gasteiger charge is -2.38. The molecule has 1 N–H and O–H groups in total. The number of halogens is 2. The van der Waals surface area contributed by atoms with Crippen molar-refractivity contribution < 1.29 is 18.6 Å². The first-order valence-corrected chi connectivity index (χ1v) is 9.86. The van der Waals surface area contributed by atoms with Crippen molar-refractivity contribution in [1.29, 1.82) is 0 Å². The molecule has 7 heteroatoms. The number of anilines is 1. The lowest BCUT2D eigenvalue weighted by molar-refractivity contribution is -0.926. The van der Waals surface area contributed by atoms with Gasteiger partial charge in [-0.1, -0.05) is 0 Å². The molecular weight excluding hydrogens is 388 g/mol. The SMILES string of the molecule is O=[N+]([O-])c1ccc(N2CC[NH+](C(c3ccc(F)cc3)c3ccc(F)cc3)CC2)cc1. The lowest BCUT2D eigenvalue weighted by atomic mass is 9.96. The minimum Gasteiger partial charge on any atom is -0.360 e. The number of hydrogen-bond acceptors (Lipinski definition) is 3. The number of rotatable bonds is 5. The maximum atomic E-state index is 13.5. The topological polar surface area (TPSA) is 50.8 Å². The van der Waals surface area contributed by atoms with E-state index in [1.807, 2.05) is 0 Å². The lowest BCUT2D eigenvalue weighted by Crippen LogP contribution is -3.15. The smallest absolute Gasteiger partial charge is 0.269 e. The van der Waals surface area contributed by atoms with Crippen LogP contribution in [-0.2, 0) is 0 Å². The van der Waals surface area contributed by atoms with E-state index in [-0.39, 0.29) is 23.4 Å². The Morgan fingerprint density at radius 1 is 0.800 bits per heavy atom. The van der Waals surface area contributed by atoms with E-state index >= 15 is 0 Å². The molecule has 0 atom stereocenters. The second-order valence-corrected chi connectivity index (χ2v) is 7.45. The molecule has 3 aromatic carbocycles. The van der Waals surface area contributed by atoms with Crippen LogP contribution >= 0.6 is 0 Å². The number of non-ortho nitro benzene ring substituents is 1. The largest absolute Gasteiger partial charge is 0.360 e. The Bertz CT molecular complexity index is 955. The van der Waals surface area contributed by atoms with Crippen molar-refractivity contribution >= 4 is 11.4 Å². The number of quaternary nitrogens is 1. The molecule has 5 nitrogen and oxygen atoms in total. The van der Waals surface area contributed by atoms with Crippen molar-refractivity contribution in [2.75, 3.05) is 31.1 Å². The van der Waals surface area contributed by atoms with E-state index in [1.165, 1.54) is 41.3 Å². The number of benzene rings is 3. The number of hydrogen-bond donors (Lipinski definition) is 1. The quantitative estimate of drug-likeness (QED) is 0.518. The summed E-state index contributed by atoms with van der Waals surface area (Å²) in [6.45, 7) is 3.23. The van der Waals surface area contributed by atoms with Gasteiger partial charge in [0.1, 0.15) is 17.7 Å². The molecule has 4 rings (SSSR count). The molecule has 154 valence electrons. The fraction of sp³-hybridized carbons (Fsp3) is 0.217. The Labute approximate surface area is 173 Å². The van der Waals surface area contributed by atoms with Crippen LogP contribution in [0.4, 0.5) is 20.2 Å². The predicted molar refractivity (Wildman–Crippen MR) is 111 cm³/mol. The van der Waals surface area contributed by atoms with Crippen LogP contribution in [0.1, 0.15) is 17.2 Å². The normalized spacial score (nSPS) is 14.8. The highest BCUT2D eigenvalue weighted by molar-refractivity contribution is 5.51. The maximum absolute atomic E-state index is 13.5. The molecule has 0 aliphatic carbocycles. The third-order valence-corrected chi connectivity index (χ3v) is 5.65. The van der Waals surface area contributed by atoms with E-state index < -0.39 is 4.92 Å². The van der Waals surface area contributed by atoms with Crippen molar-refractivity contribution in [1.82, 2.24) is 0 Å². The number of nitrogens with zero attached hydrogens (tertiary/aromatic N) is 2. The minimum atomic E-state index is -0.401. The van der Waals surface area contributed by atoms with Crippen LogP contribution in [0.3, 0.4) is 0 Å². The molecule has 1 aliphatic heterocycles. The summed E-state index contributed by atoms with van der Waals surface area (Å²) in [4.78, 5) is 14.0. The van der Waals surface area contributed by atoms with Gasteiger partial charge in [-0.2, -0.15) is 0 Å². The molecule has 0 aromatic heterocycles. The van der Waals surface area contributed by atoms with Crippen LogP contribution in [0.25, 0.3) is 0 Å². The molecule has 1 aliphatic rings. The average Bonchev–Trinajstić information content (AvgIpc) is 2.77. The summed E-state index contributed by atoms with van der Waals surface area (Å²) in [5, 5.41) is 10.9. The summed E-state index contributed by atoms with van der Waals surface area (Å²) in [5.41, 5.74) is 3.01. The molecule has 0 saturated carbocycles. The van der Waals surface area contributed by atoms with Crippen LogP contribution in [0.2, 0.25) is 0 Å². The van der Waals surface area contributed by atoms with E-state index in [9.17, 15) is 18.9 Å². The van der Waals surface area contributed by atoms with Gasteiger partial charge in [0.15, 0.2) is 0 Å². The molecule has 3 aromatic rings. The molecule has 0 bridgehead atoms. The van der Waals surface area contributed by atoms with Gasteiger partial charge in [-0.05, 0) is 60.7 Å². The molecule has 1 heterocycles.